The van der Waals surface area contributed by atoms with Crippen LogP contribution < -0.4 is 15.4 Å². The number of fused-ring (bicyclic) bond motifs is 1. The van der Waals surface area contributed by atoms with E-state index in [1.165, 1.54) is 4.90 Å². The molecule has 0 bridgehead atoms. The van der Waals surface area contributed by atoms with Crippen LogP contribution >= 0.6 is 0 Å². The number of amides is 2. The van der Waals surface area contributed by atoms with Crippen molar-refractivity contribution in [2.45, 2.75) is 70.7 Å². The number of nitrogens with zero attached hydrogens (tertiary/aromatic N) is 1. The third-order valence-electron chi connectivity index (χ3n) is 6.90. The van der Waals surface area contributed by atoms with Crippen LogP contribution in [0, 0.1) is 5.41 Å². The van der Waals surface area contributed by atoms with Gasteiger partial charge in [0, 0.05) is 16.7 Å². The average Bonchev–Trinajstić information content (AvgIpc) is 3.05. The minimum atomic E-state index is -0.566. The zero-order valence-electron chi connectivity index (χ0n) is 19.7. The maximum Gasteiger partial charge on any atom is 0.251 e. The van der Waals surface area contributed by atoms with E-state index in [2.05, 4.69) is 10.6 Å². The summed E-state index contributed by atoms with van der Waals surface area (Å²) in [5.74, 6) is 0.626. The van der Waals surface area contributed by atoms with Crippen LogP contribution in [0.2, 0.25) is 0 Å². The second kappa shape index (κ2) is 8.54. The van der Waals surface area contributed by atoms with Gasteiger partial charge in [-0.2, -0.15) is 0 Å². The lowest BCUT2D eigenvalue weighted by Gasteiger charge is -2.42. The molecule has 174 valence electrons. The van der Waals surface area contributed by atoms with Gasteiger partial charge < -0.3 is 15.4 Å². The Hall–Kier alpha value is -3.35. The van der Waals surface area contributed by atoms with Crippen molar-refractivity contribution in [2.75, 3.05) is 0 Å². The fourth-order valence-electron chi connectivity index (χ4n) is 4.70. The SMILES string of the molecule is CCC1(CC)CC(=O)N(Cc2cccc(C(=O)N[C@@H]3c4ccccc4OC3(C)C)c2)C(=N)N1. The summed E-state index contributed by atoms with van der Waals surface area (Å²) < 4.78 is 6.04. The summed E-state index contributed by atoms with van der Waals surface area (Å²) in [5, 5.41) is 14.7. The number of hydrogen-bond donors (Lipinski definition) is 3. The molecule has 1 saturated heterocycles. The molecule has 7 heteroatoms. The number of rotatable bonds is 6. The summed E-state index contributed by atoms with van der Waals surface area (Å²) >= 11 is 0. The van der Waals surface area contributed by atoms with Crippen LogP contribution in [0.5, 0.6) is 5.75 Å². The highest BCUT2D eigenvalue weighted by Crippen LogP contribution is 2.42. The number of nitrogens with one attached hydrogen (secondary N) is 3. The molecular weight excluding hydrogens is 416 g/mol. The molecule has 0 spiro atoms. The van der Waals surface area contributed by atoms with E-state index < -0.39 is 5.60 Å². The molecule has 33 heavy (non-hydrogen) atoms. The molecule has 2 aliphatic rings. The van der Waals surface area contributed by atoms with Crippen LogP contribution in [0.1, 0.15) is 74.5 Å². The van der Waals surface area contributed by atoms with Gasteiger partial charge in [-0.05, 0) is 50.5 Å². The molecule has 7 nitrogen and oxygen atoms in total. The van der Waals surface area contributed by atoms with Gasteiger partial charge in [0.2, 0.25) is 5.91 Å². The lowest BCUT2D eigenvalue weighted by atomic mass is 9.87. The smallest absolute Gasteiger partial charge is 0.251 e. The molecule has 2 aromatic rings. The summed E-state index contributed by atoms with van der Waals surface area (Å²) in [4.78, 5) is 27.4. The van der Waals surface area contributed by atoms with Crippen LogP contribution in [-0.4, -0.2) is 33.8 Å². The summed E-state index contributed by atoms with van der Waals surface area (Å²) in [6.07, 6.45) is 1.93. The number of ether oxygens (including phenoxy) is 1. The maximum atomic E-state index is 13.1. The van der Waals surface area contributed by atoms with Crippen LogP contribution in [-0.2, 0) is 11.3 Å². The summed E-state index contributed by atoms with van der Waals surface area (Å²) in [7, 11) is 0. The van der Waals surface area contributed by atoms with Gasteiger partial charge in [0.1, 0.15) is 11.4 Å². The van der Waals surface area contributed by atoms with Crippen LogP contribution in [0.25, 0.3) is 0 Å². The highest BCUT2D eigenvalue weighted by molar-refractivity contribution is 5.99. The number of carbonyl (C=O) groups excluding carboxylic acids is 2. The molecule has 0 aromatic heterocycles. The summed E-state index contributed by atoms with van der Waals surface area (Å²) in [5.41, 5.74) is 1.35. The van der Waals surface area contributed by atoms with Gasteiger partial charge in [-0.15, -0.1) is 0 Å². The van der Waals surface area contributed by atoms with Gasteiger partial charge in [0.05, 0.1) is 19.0 Å². The first kappa shape index (κ1) is 22.8. The van der Waals surface area contributed by atoms with Crippen molar-refractivity contribution in [1.82, 2.24) is 15.5 Å². The molecule has 0 radical (unpaired) electrons. The monoisotopic (exact) mass is 448 g/mol. The Balaban J connectivity index is 1.49. The molecule has 0 unspecified atom stereocenters. The van der Waals surface area contributed by atoms with E-state index >= 15 is 0 Å². The van der Waals surface area contributed by atoms with Crippen molar-refractivity contribution in [1.29, 1.82) is 5.41 Å². The van der Waals surface area contributed by atoms with E-state index in [0.29, 0.717) is 12.0 Å². The Bertz CT molecular complexity index is 1070. The van der Waals surface area contributed by atoms with Gasteiger partial charge >= 0.3 is 0 Å². The Morgan fingerprint density at radius 1 is 1.18 bits per heavy atom. The molecule has 1 fully saturated rings. The molecule has 2 amide bonds. The minimum Gasteiger partial charge on any atom is -0.485 e. The van der Waals surface area contributed by atoms with Gasteiger partial charge in [-0.3, -0.25) is 19.9 Å². The molecular formula is C26H32N4O3. The molecule has 3 N–H and O–H groups in total. The van der Waals surface area contributed by atoms with E-state index in [9.17, 15) is 9.59 Å². The van der Waals surface area contributed by atoms with Crippen LogP contribution in [0.3, 0.4) is 0 Å². The first-order chi connectivity index (χ1) is 15.7. The lowest BCUT2D eigenvalue weighted by Crippen LogP contribution is -2.61. The van der Waals surface area contributed by atoms with Gasteiger partial charge in [0.15, 0.2) is 5.96 Å². The highest BCUT2D eigenvalue weighted by Gasteiger charge is 2.42. The predicted molar refractivity (Wildman–Crippen MR) is 127 cm³/mol. The van der Waals surface area contributed by atoms with Crippen molar-refractivity contribution in [3.8, 4) is 5.75 Å². The second-order valence-corrected chi connectivity index (χ2v) is 9.47. The molecule has 1 atom stereocenters. The Kier molecular flexibility index (Phi) is 5.91. The number of benzene rings is 2. The third-order valence-corrected chi connectivity index (χ3v) is 6.90. The Labute approximate surface area is 195 Å². The minimum absolute atomic E-state index is 0.0706. The normalized spacial score (nSPS) is 20.6. The maximum absolute atomic E-state index is 13.1. The van der Waals surface area contributed by atoms with E-state index in [-0.39, 0.29) is 35.9 Å². The van der Waals surface area contributed by atoms with Crippen molar-refractivity contribution >= 4 is 17.8 Å². The first-order valence-corrected chi connectivity index (χ1v) is 11.5. The zero-order valence-corrected chi connectivity index (χ0v) is 19.7. The standard InChI is InChI=1S/C26H32N4O3/c1-5-26(6-2)15-21(31)30(24(27)29-26)16-17-10-9-11-18(14-17)23(32)28-22-19-12-7-8-13-20(19)33-25(22,3)4/h7-14,22H,5-6,15-16H2,1-4H3,(H2,27,29)(H,28,32)/t22-/m1/s1. The number of guanidine groups is 1. The number of para-hydroxylation sites is 1. The molecule has 2 heterocycles. The largest absolute Gasteiger partial charge is 0.485 e. The molecule has 2 aromatic carbocycles. The number of hydrogen-bond acceptors (Lipinski definition) is 4. The first-order valence-electron chi connectivity index (χ1n) is 11.5. The van der Waals surface area contributed by atoms with Crippen molar-refractivity contribution in [2.24, 2.45) is 0 Å². The topological polar surface area (TPSA) is 94.5 Å². The quantitative estimate of drug-likeness (QED) is 0.619. The van der Waals surface area contributed by atoms with Crippen LogP contribution in [0.15, 0.2) is 48.5 Å². The summed E-state index contributed by atoms with van der Waals surface area (Å²) in [6.45, 7) is 8.23. The molecule has 4 rings (SSSR count). The van der Waals surface area contributed by atoms with Gasteiger partial charge in [-0.1, -0.05) is 44.2 Å². The highest BCUT2D eigenvalue weighted by atomic mass is 16.5. The van der Waals surface area contributed by atoms with E-state index in [1.807, 2.05) is 64.1 Å². The fourth-order valence-corrected chi connectivity index (χ4v) is 4.70. The van der Waals surface area contributed by atoms with Gasteiger partial charge in [-0.25, -0.2) is 0 Å². The molecule has 0 saturated carbocycles. The van der Waals surface area contributed by atoms with Crippen molar-refractivity contribution in [3.63, 3.8) is 0 Å². The van der Waals surface area contributed by atoms with Gasteiger partial charge in [0.25, 0.3) is 5.91 Å². The third kappa shape index (κ3) is 4.32. The molecule has 2 aliphatic heterocycles. The van der Waals surface area contributed by atoms with E-state index in [1.54, 1.807) is 12.1 Å². The van der Waals surface area contributed by atoms with Crippen LogP contribution in [0.4, 0.5) is 0 Å². The fraction of sp³-hybridized carbons (Fsp3) is 0.423. The van der Waals surface area contributed by atoms with Crippen molar-refractivity contribution < 1.29 is 14.3 Å². The Morgan fingerprint density at radius 3 is 2.61 bits per heavy atom. The van der Waals surface area contributed by atoms with E-state index in [4.69, 9.17) is 10.1 Å². The number of carbonyl (C=O) groups is 2. The Morgan fingerprint density at radius 2 is 1.91 bits per heavy atom. The zero-order chi connectivity index (χ0) is 23.8. The lowest BCUT2D eigenvalue weighted by molar-refractivity contribution is -0.131. The van der Waals surface area contributed by atoms with Crippen molar-refractivity contribution in [3.05, 3.63) is 65.2 Å². The second-order valence-electron chi connectivity index (χ2n) is 9.47. The predicted octanol–water partition coefficient (Wildman–Crippen LogP) is 4.14. The average molecular weight is 449 g/mol. The van der Waals surface area contributed by atoms with E-state index in [0.717, 1.165) is 29.7 Å². The molecule has 0 aliphatic carbocycles. The summed E-state index contributed by atoms with van der Waals surface area (Å²) in [6, 6.07) is 14.7.